The molecule has 0 unspecified atom stereocenters. The Labute approximate surface area is 147 Å². The van der Waals surface area contributed by atoms with Gasteiger partial charge >= 0.3 is 0 Å². The van der Waals surface area contributed by atoms with Crippen molar-refractivity contribution < 1.29 is 4.79 Å². The van der Waals surface area contributed by atoms with Gasteiger partial charge < -0.3 is 9.13 Å². The second-order valence-electron chi connectivity index (χ2n) is 6.45. The maximum Gasteiger partial charge on any atom is 0.250 e. The van der Waals surface area contributed by atoms with Gasteiger partial charge in [-0.3, -0.25) is 9.59 Å². The molecule has 1 aromatic carbocycles. The Morgan fingerprint density at radius 1 is 1.00 bits per heavy atom. The van der Waals surface area contributed by atoms with E-state index in [4.69, 9.17) is 0 Å². The molecular weight excluding hydrogens is 312 g/mol. The number of benzene rings is 1. The number of Topliss-reactive ketones (excluding diaryl/α,β-unsaturated/α-hetero) is 1. The third-order valence-electron chi connectivity index (χ3n) is 4.50. The van der Waals surface area contributed by atoms with E-state index in [1.165, 1.54) is 16.2 Å². The van der Waals surface area contributed by atoms with Crippen LogP contribution in [-0.4, -0.2) is 14.9 Å². The number of aromatic nitrogens is 2. The Morgan fingerprint density at radius 3 is 2.44 bits per heavy atom. The lowest BCUT2D eigenvalue weighted by Gasteiger charge is -2.10. The molecule has 0 saturated carbocycles. The summed E-state index contributed by atoms with van der Waals surface area (Å²) in [4.78, 5) is 24.7. The normalized spacial score (nSPS) is 10.8. The number of ketones is 1. The molecule has 0 aliphatic carbocycles. The van der Waals surface area contributed by atoms with Crippen LogP contribution in [0.4, 0.5) is 0 Å². The fourth-order valence-corrected chi connectivity index (χ4v) is 3.11. The molecule has 3 aromatic rings. The maximum absolute atomic E-state index is 12.7. The Hall–Kier alpha value is -2.88. The summed E-state index contributed by atoms with van der Waals surface area (Å²) in [5.41, 5.74) is 4.66. The first-order valence-electron chi connectivity index (χ1n) is 8.36. The van der Waals surface area contributed by atoms with Gasteiger partial charge in [-0.15, -0.1) is 0 Å². The Balaban J connectivity index is 1.88. The highest BCUT2D eigenvalue weighted by molar-refractivity contribution is 5.97. The fraction of sp³-hybridized carbons (Fsp3) is 0.238. The first-order valence-corrected chi connectivity index (χ1v) is 8.36. The highest BCUT2D eigenvalue weighted by Gasteiger charge is 2.16. The molecule has 2 aromatic heterocycles. The summed E-state index contributed by atoms with van der Waals surface area (Å²) < 4.78 is 3.61. The van der Waals surface area contributed by atoms with E-state index >= 15 is 0 Å². The van der Waals surface area contributed by atoms with Crippen LogP contribution in [0, 0.1) is 20.8 Å². The Morgan fingerprint density at radius 2 is 1.72 bits per heavy atom. The molecule has 0 radical (unpaired) electrons. The van der Waals surface area contributed by atoms with Crippen molar-refractivity contribution in [3.63, 3.8) is 0 Å². The molecule has 25 heavy (non-hydrogen) atoms. The first kappa shape index (κ1) is 17.0. The summed E-state index contributed by atoms with van der Waals surface area (Å²) in [7, 11) is 0. The van der Waals surface area contributed by atoms with Gasteiger partial charge in [-0.05, 0) is 38.0 Å². The number of carbonyl (C=O) groups is 1. The van der Waals surface area contributed by atoms with Gasteiger partial charge in [0.25, 0.3) is 5.56 Å². The molecule has 0 spiro atoms. The third kappa shape index (κ3) is 3.63. The number of hydrogen-bond acceptors (Lipinski definition) is 2. The molecule has 0 N–H and O–H groups in total. The topological polar surface area (TPSA) is 44.0 Å². The van der Waals surface area contributed by atoms with Crippen LogP contribution < -0.4 is 5.56 Å². The van der Waals surface area contributed by atoms with Gasteiger partial charge in [0.2, 0.25) is 0 Å². The predicted octanol–water partition coefficient (Wildman–Crippen LogP) is 3.51. The molecule has 0 atom stereocenters. The van der Waals surface area contributed by atoms with Crippen LogP contribution in [0.1, 0.15) is 32.9 Å². The number of aryl methyl sites for hydroxylation is 2. The van der Waals surface area contributed by atoms with Crippen molar-refractivity contribution in [2.75, 3.05) is 0 Å². The molecule has 128 valence electrons. The molecule has 4 heteroatoms. The maximum atomic E-state index is 12.7. The van der Waals surface area contributed by atoms with Crippen molar-refractivity contribution in [2.24, 2.45) is 0 Å². The van der Waals surface area contributed by atoms with Crippen molar-refractivity contribution in [1.82, 2.24) is 9.13 Å². The highest BCUT2D eigenvalue weighted by Crippen LogP contribution is 2.18. The van der Waals surface area contributed by atoms with Crippen molar-refractivity contribution in [3.8, 4) is 0 Å². The molecule has 2 heterocycles. The zero-order valence-electron chi connectivity index (χ0n) is 14.8. The van der Waals surface area contributed by atoms with Gasteiger partial charge in [0.1, 0.15) is 0 Å². The van der Waals surface area contributed by atoms with Crippen LogP contribution >= 0.6 is 0 Å². The van der Waals surface area contributed by atoms with Crippen LogP contribution in [-0.2, 0) is 13.1 Å². The van der Waals surface area contributed by atoms with Crippen LogP contribution in [0.3, 0.4) is 0 Å². The summed E-state index contributed by atoms with van der Waals surface area (Å²) in [6, 6.07) is 15.4. The largest absolute Gasteiger partial charge is 0.344 e. The van der Waals surface area contributed by atoms with E-state index in [9.17, 15) is 9.59 Å². The second kappa shape index (κ2) is 6.93. The van der Waals surface area contributed by atoms with Crippen molar-refractivity contribution in [1.29, 1.82) is 0 Å². The van der Waals surface area contributed by atoms with E-state index in [1.54, 1.807) is 12.3 Å². The van der Waals surface area contributed by atoms with Gasteiger partial charge in [-0.25, -0.2) is 0 Å². The zero-order chi connectivity index (χ0) is 18.0. The van der Waals surface area contributed by atoms with Gasteiger partial charge in [0.05, 0.1) is 6.54 Å². The van der Waals surface area contributed by atoms with E-state index in [2.05, 4.69) is 16.7 Å². The van der Waals surface area contributed by atoms with Crippen molar-refractivity contribution in [3.05, 3.63) is 93.2 Å². The predicted molar refractivity (Wildman–Crippen MR) is 99.2 cm³/mol. The minimum Gasteiger partial charge on any atom is -0.344 e. The van der Waals surface area contributed by atoms with Crippen LogP contribution in [0.5, 0.6) is 0 Å². The van der Waals surface area contributed by atoms with E-state index in [-0.39, 0.29) is 17.9 Å². The average Bonchev–Trinajstić information content (AvgIpc) is 2.87. The monoisotopic (exact) mass is 334 g/mol. The molecule has 0 fully saturated rings. The Bertz CT molecular complexity index is 965. The molecule has 3 rings (SSSR count). The first-order chi connectivity index (χ1) is 12.0. The fourth-order valence-electron chi connectivity index (χ4n) is 3.11. The summed E-state index contributed by atoms with van der Waals surface area (Å²) in [5.74, 6) is -0.0416. The summed E-state index contributed by atoms with van der Waals surface area (Å²) in [6.07, 6.45) is 1.73. The van der Waals surface area contributed by atoms with Gasteiger partial charge in [0.15, 0.2) is 5.78 Å². The molecule has 0 saturated heterocycles. The van der Waals surface area contributed by atoms with E-state index in [0.29, 0.717) is 5.56 Å². The number of rotatable bonds is 5. The van der Waals surface area contributed by atoms with Crippen molar-refractivity contribution >= 4 is 5.78 Å². The Kier molecular flexibility index (Phi) is 4.70. The van der Waals surface area contributed by atoms with Gasteiger partial charge in [-0.2, -0.15) is 0 Å². The average molecular weight is 334 g/mol. The summed E-state index contributed by atoms with van der Waals surface area (Å²) in [5, 5.41) is 0. The molecule has 4 nitrogen and oxygen atoms in total. The SMILES string of the molecule is Cc1ccc(=O)n(CC(=O)c2cc(C)n(Cc3ccccc3)c2C)c1. The van der Waals surface area contributed by atoms with Crippen LogP contribution in [0.25, 0.3) is 0 Å². The molecule has 0 aliphatic rings. The van der Waals surface area contributed by atoms with E-state index in [1.807, 2.05) is 45.0 Å². The molecule has 0 bridgehead atoms. The smallest absolute Gasteiger partial charge is 0.250 e. The standard InChI is InChI=1S/C21H22N2O2/c1-15-9-10-21(25)22(12-15)14-20(24)19-11-16(2)23(17(19)3)13-18-7-5-4-6-8-18/h4-12H,13-14H2,1-3H3. The quantitative estimate of drug-likeness (QED) is 0.670. The van der Waals surface area contributed by atoms with E-state index in [0.717, 1.165) is 23.5 Å². The minimum atomic E-state index is -0.156. The molecule has 0 amide bonds. The van der Waals surface area contributed by atoms with Gasteiger partial charge in [0, 0.05) is 35.8 Å². The third-order valence-corrected chi connectivity index (χ3v) is 4.50. The number of pyridine rings is 1. The lowest BCUT2D eigenvalue weighted by molar-refractivity contribution is 0.0970. The summed E-state index contributed by atoms with van der Waals surface area (Å²) in [6.45, 7) is 6.67. The molecular formula is C21H22N2O2. The lowest BCUT2D eigenvalue weighted by atomic mass is 10.1. The number of nitrogens with zero attached hydrogens (tertiary/aromatic N) is 2. The van der Waals surface area contributed by atoms with Crippen molar-refractivity contribution in [2.45, 2.75) is 33.9 Å². The van der Waals surface area contributed by atoms with Crippen LogP contribution in [0.2, 0.25) is 0 Å². The van der Waals surface area contributed by atoms with Crippen LogP contribution in [0.15, 0.2) is 59.5 Å². The van der Waals surface area contributed by atoms with E-state index < -0.39 is 0 Å². The number of hydrogen-bond donors (Lipinski definition) is 0. The minimum absolute atomic E-state index is 0.0416. The lowest BCUT2D eigenvalue weighted by Crippen LogP contribution is -2.23. The van der Waals surface area contributed by atoms with Gasteiger partial charge in [-0.1, -0.05) is 36.4 Å². The molecule has 0 aliphatic heterocycles. The summed E-state index contributed by atoms with van der Waals surface area (Å²) >= 11 is 0. The highest BCUT2D eigenvalue weighted by atomic mass is 16.1. The number of carbonyl (C=O) groups excluding carboxylic acids is 1. The zero-order valence-corrected chi connectivity index (χ0v) is 14.8. The second-order valence-corrected chi connectivity index (χ2v) is 6.45.